The van der Waals surface area contributed by atoms with Crippen molar-refractivity contribution >= 4 is 21.7 Å². The van der Waals surface area contributed by atoms with Crippen LogP contribution < -0.4 is 0 Å². The third kappa shape index (κ3) is 4.13. The molecule has 0 bridgehead atoms. The van der Waals surface area contributed by atoms with E-state index in [-0.39, 0.29) is 5.41 Å². The van der Waals surface area contributed by atoms with Crippen LogP contribution in [-0.4, -0.2) is 15.0 Å². The Kier molecular flexibility index (Phi) is 5.24. The van der Waals surface area contributed by atoms with Gasteiger partial charge in [0.05, 0.1) is 17.0 Å². The molecule has 0 saturated heterocycles. The molecule has 4 heteroatoms. The van der Waals surface area contributed by atoms with Gasteiger partial charge in [0.1, 0.15) is 17.7 Å². The number of rotatable bonds is 4. The number of aromatic nitrogens is 3. The molecule has 0 aliphatic carbocycles. The third-order valence-electron chi connectivity index (χ3n) is 5.99. The zero-order chi connectivity index (χ0) is 23.2. The van der Waals surface area contributed by atoms with Crippen LogP contribution in [0.2, 0.25) is 0 Å². The zero-order valence-electron chi connectivity index (χ0n) is 19.9. The number of benzene rings is 2. The average molecular weight is 436 g/mol. The zero-order valence-corrected chi connectivity index (χ0v) is 19.9. The van der Waals surface area contributed by atoms with Gasteiger partial charge in [-0.15, -0.1) is 0 Å². The lowest BCUT2D eigenvalue weighted by atomic mass is 9.82. The average Bonchev–Trinajstić information content (AvgIpc) is 3.19. The molecule has 3 heterocycles. The minimum atomic E-state index is 0.0158. The predicted octanol–water partition coefficient (Wildman–Crippen LogP) is 7.60. The highest BCUT2D eigenvalue weighted by molar-refractivity contribution is 5.93. The van der Waals surface area contributed by atoms with E-state index in [9.17, 15) is 0 Å². The fraction of sp³-hybridized carbons (Fsp3) is 0.276. The largest absolute Gasteiger partial charge is 0.460 e. The Morgan fingerprint density at radius 1 is 0.879 bits per heavy atom. The van der Waals surface area contributed by atoms with Crippen LogP contribution in [0.3, 0.4) is 0 Å². The molecule has 5 aromatic rings. The second-order valence-electron chi connectivity index (χ2n) is 10.2. The van der Waals surface area contributed by atoms with Crippen LogP contribution in [0.4, 0.5) is 0 Å². The molecule has 166 valence electrons. The first-order chi connectivity index (χ1) is 15.8. The van der Waals surface area contributed by atoms with Gasteiger partial charge in [0.25, 0.3) is 0 Å². The third-order valence-corrected chi connectivity index (χ3v) is 5.99. The monoisotopic (exact) mass is 435 g/mol. The summed E-state index contributed by atoms with van der Waals surface area (Å²) in [5.74, 6) is 1.51. The van der Waals surface area contributed by atoms with Gasteiger partial charge in [0.2, 0.25) is 0 Å². The molecule has 33 heavy (non-hydrogen) atoms. The van der Waals surface area contributed by atoms with E-state index in [1.54, 1.807) is 6.33 Å². The highest BCUT2D eigenvalue weighted by Gasteiger charge is 2.19. The van der Waals surface area contributed by atoms with Gasteiger partial charge in [-0.1, -0.05) is 58.9 Å². The normalized spacial score (nSPS) is 12.2. The van der Waals surface area contributed by atoms with Crippen molar-refractivity contribution in [2.24, 2.45) is 5.92 Å². The van der Waals surface area contributed by atoms with E-state index in [1.165, 1.54) is 16.3 Å². The minimum absolute atomic E-state index is 0.0158. The van der Waals surface area contributed by atoms with Gasteiger partial charge in [-0.25, -0.2) is 9.97 Å². The van der Waals surface area contributed by atoms with E-state index in [0.29, 0.717) is 5.92 Å². The maximum Gasteiger partial charge on any atom is 0.146 e. The van der Waals surface area contributed by atoms with Crippen LogP contribution in [0.15, 0.2) is 71.7 Å². The lowest BCUT2D eigenvalue weighted by Gasteiger charge is -2.22. The van der Waals surface area contributed by atoms with Crippen molar-refractivity contribution in [3.05, 3.63) is 78.6 Å². The molecular formula is C29H29N3O. The molecule has 0 fully saturated rings. The van der Waals surface area contributed by atoms with Crippen LogP contribution in [0.5, 0.6) is 0 Å². The predicted molar refractivity (Wildman–Crippen MR) is 135 cm³/mol. The van der Waals surface area contributed by atoms with Crippen molar-refractivity contribution in [2.75, 3.05) is 0 Å². The summed E-state index contributed by atoms with van der Waals surface area (Å²) in [6, 6.07) is 17.2. The van der Waals surface area contributed by atoms with E-state index in [1.807, 2.05) is 18.5 Å². The Hall–Kier alpha value is -3.53. The summed E-state index contributed by atoms with van der Waals surface area (Å²) in [4.78, 5) is 13.7. The van der Waals surface area contributed by atoms with Crippen molar-refractivity contribution in [3.63, 3.8) is 0 Å². The molecule has 0 saturated carbocycles. The van der Waals surface area contributed by atoms with Crippen LogP contribution >= 0.6 is 0 Å². The SMILES string of the molecule is CC(C)Cc1cc2cncc(-c3cc(-c4cc(C(C)(C)C)c5ccccc5c4)ncn3)c2o1. The molecule has 2 aromatic carbocycles. The molecule has 0 atom stereocenters. The summed E-state index contributed by atoms with van der Waals surface area (Å²) in [5.41, 5.74) is 5.84. The maximum absolute atomic E-state index is 6.23. The van der Waals surface area contributed by atoms with Crippen molar-refractivity contribution in [1.82, 2.24) is 15.0 Å². The van der Waals surface area contributed by atoms with Crippen molar-refractivity contribution in [2.45, 2.75) is 46.5 Å². The summed E-state index contributed by atoms with van der Waals surface area (Å²) in [5, 5.41) is 3.50. The van der Waals surface area contributed by atoms with Crippen molar-refractivity contribution in [3.8, 4) is 22.5 Å². The molecule has 0 aliphatic rings. The van der Waals surface area contributed by atoms with E-state index in [2.05, 4.69) is 92.0 Å². The molecule has 0 N–H and O–H groups in total. The van der Waals surface area contributed by atoms with Crippen molar-refractivity contribution in [1.29, 1.82) is 0 Å². The molecule has 3 aromatic heterocycles. The Balaban J connectivity index is 1.64. The topological polar surface area (TPSA) is 51.8 Å². The van der Waals surface area contributed by atoms with E-state index < -0.39 is 0 Å². The lowest BCUT2D eigenvalue weighted by molar-refractivity contribution is 0.500. The number of hydrogen-bond acceptors (Lipinski definition) is 4. The lowest BCUT2D eigenvalue weighted by Crippen LogP contribution is -2.12. The first kappa shape index (κ1) is 21.3. The van der Waals surface area contributed by atoms with Crippen LogP contribution in [-0.2, 0) is 11.8 Å². The van der Waals surface area contributed by atoms with Crippen LogP contribution in [0, 0.1) is 5.92 Å². The van der Waals surface area contributed by atoms with Crippen molar-refractivity contribution < 1.29 is 4.42 Å². The van der Waals surface area contributed by atoms with Gasteiger partial charge in [0.15, 0.2) is 0 Å². The standard InChI is InChI=1S/C29H29N3O/c1-18(2)10-22-12-21-15-30-16-24(28(21)33-22)27-14-26(31-17-32-27)20-11-19-8-6-7-9-23(19)25(13-20)29(3,4)5/h6-9,11-18H,10H2,1-5H3. The quantitative estimate of drug-likeness (QED) is 0.292. The first-order valence-electron chi connectivity index (χ1n) is 11.5. The smallest absolute Gasteiger partial charge is 0.146 e. The van der Waals surface area contributed by atoms with Gasteiger partial charge in [-0.3, -0.25) is 4.98 Å². The van der Waals surface area contributed by atoms with E-state index in [0.717, 1.165) is 45.7 Å². The van der Waals surface area contributed by atoms with Gasteiger partial charge >= 0.3 is 0 Å². The summed E-state index contributed by atoms with van der Waals surface area (Å²) < 4.78 is 6.23. The number of nitrogens with zero attached hydrogens (tertiary/aromatic N) is 3. The Morgan fingerprint density at radius 2 is 1.67 bits per heavy atom. The van der Waals surface area contributed by atoms with Gasteiger partial charge in [-0.05, 0) is 51.9 Å². The minimum Gasteiger partial charge on any atom is -0.460 e. The number of hydrogen-bond donors (Lipinski definition) is 0. The van der Waals surface area contributed by atoms with E-state index in [4.69, 9.17) is 4.42 Å². The first-order valence-corrected chi connectivity index (χ1v) is 11.5. The summed E-state index contributed by atoms with van der Waals surface area (Å²) >= 11 is 0. The van der Waals surface area contributed by atoms with E-state index >= 15 is 0 Å². The Bertz CT molecular complexity index is 1460. The van der Waals surface area contributed by atoms with Gasteiger partial charge in [-0.2, -0.15) is 0 Å². The molecular weight excluding hydrogens is 406 g/mol. The molecule has 0 radical (unpaired) electrons. The Labute approximate surface area is 194 Å². The highest BCUT2D eigenvalue weighted by atomic mass is 16.3. The molecule has 4 nitrogen and oxygen atoms in total. The number of pyridine rings is 1. The summed E-state index contributed by atoms with van der Waals surface area (Å²) in [6.07, 6.45) is 6.22. The van der Waals surface area contributed by atoms with Gasteiger partial charge < -0.3 is 4.42 Å². The Morgan fingerprint density at radius 3 is 2.45 bits per heavy atom. The maximum atomic E-state index is 6.23. The second-order valence-corrected chi connectivity index (χ2v) is 10.2. The molecule has 0 spiro atoms. The summed E-state index contributed by atoms with van der Waals surface area (Å²) in [6.45, 7) is 11.1. The number of furan rings is 1. The second kappa shape index (κ2) is 8.11. The fourth-order valence-corrected chi connectivity index (χ4v) is 4.44. The van der Waals surface area contributed by atoms with Crippen LogP contribution in [0.1, 0.15) is 45.9 Å². The summed E-state index contributed by atoms with van der Waals surface area (Å²) in [7, 11) is 0. The molecule has 0 aliphatic heterocycles. The van der Waals surface area contributed by atoms with Gasteiger partial charge in [0, 0.05) is 29.8 Å². The molecule has 0 amide bonds. The fourth-order valence-electron chi connectivity index (χ4n) is 4.44. The van der Waals surface area contributed by atoms with Crippen LogP contribution in [0.25, 0.3) is 44.3 Å². The molecule has 0 unspecified atom stereocenters. The number of fused-ring (bicyclic) bond motifs is 2. The molecule has 5 rings (SSSR count). The highest BCUT2D eigenvalue weighted by Crippen LogP contribution is 2.36.